The summed E-state index contributed by atoms with van der Waals surface area (Å²) in [6.07, 6.45) is 6.78. The van der Waals surface area contributed by atoms with E-state index in [-0.39, 0.29) is 11.8 Å². The Balaban J connectivity index is 2.76. The van der Waals surface area contributed by atoms with Gasteiger partial charge in [-0.3, -0.25) is 0 Å². The van der Waals surface area contributed by atoms with Gasteiger partial charge in [-0.1, -0.05) is 37.8 Å². The quantitative estimate of drug-likeness (QED) is 0.560. The molecule has 0 radical (unpaired) electrons. The molecule has 0 amide bonds. The van der Waals surface area contributed by atoms with Crippen LogP contribution in [0.25, 0.3) is 0 Å². The number of nitrogens with one attached hydrogen (secondary N) is 1. The molecule has 0 saturated heterocycles. The van der Waals surface area contributed by atoms with Gasteiger partial charge in [0.2, 0.25) is 0 Å². The fourth-order valence-electron chi connectivity index (χ4n) is 2.19. The van der Waals surface area contributed by atoms with Crippen LogP contribution in [0, 0.1) is 17.2 Å². The molecule has 0 saturated carbocycles. The molecule has 1 rings (SSSR count). The first kappa shape index (κ1) is 18.2. The van der Waals surface area contributed by atoms with Crippen molar-refractivity contribution in [2.75, 3.05) is 19.3 Å². The van der Waals surface area contributed by atoms with Crippen LogP contribution >= 0.6 is 11.8 Å². The van der Waals surface area contributed by atoms with Gasteiger partial charge in [-0.05, 0) is 28.9 Å². The van der Waals surface area contributed by atoms with E-state index in [2.05, 4.69) is 18.0 Å². The van der Waals surface area contributed by atoms with E-state index in [1.165, 1.54) is 4.91 Å². The van der Waals surface area contributed by atoms with Crippen molar-refractivity contribution in [3.05, 3.63) is 59.0 Å². The van der Waals surface area contributed by atoms with E-state index in [1.807, 2.05) is 31.4 Å². The van der Waals surface area contributed by atoms with Crippen molar-refractivity contribution in [2.45, 2.75) is 12.8 Å². The monoisotopic (exact) mass is 314 g/mol. The van der Waals surface area contributed by atoms with Crippen molar-refractivity contribution in [2.24, 2.45) is 5.92 Å². The van der Waals surface area contributed by atoms with Crippen molar-refractivity contribution in [3.8, 4) is 6.07 Å². The average molecular weight is 314 g/mol. The predicted molar refractivity (Wildman–Crippen MR) is 93.8 cm³/mol. The molecule has 0 bridgehead atoms. The van der Waals surface area contributed by atoms with Crippen LogP contribution in [0.1, 0.15) is 24.0 Å². The Morgan fingerprint density at radius 2 is 2.14 bits per heavy atom. The van der Waals surface area contributed by atoms with Gasteiger partial charge in [0, 0.05) is 24.9 Å². The number of hydrogen-bond donors (Lipinski definition) is 1. The minimum atomic E-state index is -0.0819. The maximum Gasteiger partial charge on any atom is 0.123 e. The molecule has 22 heavy (non-hydrogen) atoms. The lowest BCUT2D eigenvalue weighted by Crippen LogP contribution is -2.27. The number of aldehydes is 1. The van der Waals surface area contributed by atoms with E-state index in [0.29, 0.717) is 12.1 Å². The zero-order valence-electron chi connectivity index (χ0n) is 13.1. The minimum Gasteiger partial charge on any atom is -0.312 e. The van der Waals surface area contributed by atoms with E-state index in [4.69, 9.17) is 5.26 Å². The molecule has 0 aromatic heterocycles. The molecule has 4 heteroatoms. The summed E-state index contributed by atoms with van der Waals surface area (Å²) in [4.78, 5) is 12.4. The lowest BCUT2D eigenvalue weighted by atomic mass is 9.87. The number of carbonyl (C=O) groups excluding carboxylic acids is 1. The number of carbonyl (C=O) groups is 1. The Morgan fingerprint density at radius 3 is 2.64 bits per heavy atom. The standard InChI is InChI=1S/C18H22N2OS/c1-4-5-17(22-3)11-20-12-18(14(2)13-21)16-8-6-15(10-19)7-9-16/h4-9,13-14,18,20H,1,11-12H2,2-3H3/b17-5-/t14-,18-/m1/s1. The summed E-state index contributed by atoms with van der Waals surface area (Å²) in [6.45, 7) is 7.09. The maximum atomic E-state index is 11.2. The van der Waals surface area contributed by atoms with Gasteiger partial charge in [-0.2, -0.15) is 5.26 Å². The lowest BCUT2D eigenvalue weighted by molar-refractivity contribution is -0.111. The van der Waals surface area contributed by atoms with Crippen molar-refractivity contribution in [3.63, 3.8) is 0 Å². The molecule has 0 aliphatic carbocycles. The fraction of sp³-hybridized carbons (Fsp3) is 0.333. The summed E-state index contributed by atoms with van der Waals surface area (Å²) in [5, 5.41) is 12.3. The predicted octanol–water partition coefficient (Wildman–Crippen LogP) is 3.50. The molecule has 0 aliphatic heterocycles. The summed E-state index contributed by atoms with van der Waals surface area (Å²) in [6, 6.07) is 9.57. The van der Waals surface area contributed by atoms with Gasteiger partial charge in [0.05, 0.1) is 11.6 Å². The molecule has 1 aromatic rings. The number of thioether (sulfide) groups is 1. The molecule has 3 nitrogen and oxygen atoms in total. The zero-order valence-corrected chi connectivity index (χ0v) is 13.9. The summed E-state index contributed by atoms with van der Waals surface area (Å²) >= 11 is 1.68. The van der Waals surface area contributed by atoms with Crippen LogP contribution < -0.4 is 5.32 Å². The average Bonchev–Trinajstić information content (AvgIpc) is 2.57. The van der Waals surface area contributed by atoms with E-state index in [1.54, 1.807) is 30.0 Å². The van der Waals surface area contributed by atoms with E-state index < -0.39 is 0 Å². The van der Waals surface area contributed by atoms with E-state index >= 15 is 0 Å². The van der Waals surface area contributed by atoms with Crippen molar-refractivity contribution < 1.29 is 4.79 Å². The van der Waals surface area contributed by atoms with Crippen LogP contribution in [0.4, 0.5) is 0 Å². The van der Waals surface area contributed by atoms with E-state index in [9.17, 15) is 4.79 Å². The first-order valence-electron chi connectivity index (χ1n) is 7.17. The van der Waals surface area contributed by atoms with Gasteiger partial charge in [0.25, 0.3) is 0 Å². The third kappa shape index (κ3) is 5.51. The Hall–Kier alpha value is -1.83. The van der Waals surface area contributed by atoms with Gasteiger partial charge in [0.15, 0.2) is 0 Å². The maximum absolute atomic E-state index is 11.2. The second-order valence-corrected chi connectivity index (χ2v) is 5.97. The van der Waals surface area contributed by atoms with Crippen LogP contribution in [-0.4, -0.2) is 25.6 Å². The number of nitriles is 1. The molecular weight excluding hydrogens is 292 g/mol. The van der Waals surface area contributed by atoms with Gasteiger partial charge in [-0.15, -0.1) is 11.8 Å². The fourth-order valence-corrected chi connectivity index (χ4v) is 2.67. The zero-order chi connectivity index (χ0) is 16.4. The largest absolute Gasteiger partial charge is 0.312 e. The second kappa shape index (κ2) is 9.99. The Bertz CT molecular complexity index is 557. The molecule has 0 aliphatic rings. The van der Waals surface area contributed by atoms with Crippen molar-refractivity contribution in [1.29, 1.82) is 5.26 Å². The summed E-state index contributed by atoms with van der Waals surface area (Å²) < 4.78 is 0. The highest BCUT2D eigenvalue weighted by atomic mass is 32.2. The molecule has 0 unspecified atom stereocenters. The number of rotatable bonds is 9. The third-order valence-electron chi connectivity index (χ3n) is 3.55. The van der Waals surface area contributed by atoms with Gasteiger partial charge in [-0.25, -0.2) is 0 Å². The van der Waals surface area contributed by atoms with Crippen LogP contribution in [0.5, 0.6) is 0 Å². The Labute approximate surface area is 137 Å². The minimum absolute atomic E-state index is 0.0819. The van der Waals surface area contributed by atoms with Gasteiger partial charge >= 0.3 is 0 Å². The van der Waals surface area contributed by atoms with Crippen LogP contribution in [0.15, 0.2) is 47.9 Å². The number of hydrogen-bond acceptors (Lipinski definition) is 4. The van der Waals surface area contributed by atoms with Gasteiger partial charge < -0.3 is 10.1 Å². The topological polar surface area (TPSA) is 52.9 Å². The molecule has 0 fully saturated rings. The molecule has 0 heterocycles. The highest BCUT2D eigenvalue weighted by molar-refractivity contribution is 8.02. The van der Waals surface area contributed by atoms with Crippen molar-refractivity contribution in [1.82, 2.24) is 5.32 Å². The number of allylic oxidation sites excluding steroid dienone is 2. The number of benzene rings is 1. The van der Waals surface area contributed by atoms with Crippen LogP contribution in [0.3, 0.4) is 0 Å². The molecular formula is C18H22N2OS. The summed E-state index contributed by atoms with van der Waals surface area (Å²) in [5.74, 6) is 0.0126. The second-order valence-electron chi connectivity index (χ2n) is 5.04. The molecule has 116 valence electrons. The summed E-state index contributed by atoms with van der Waals surface area (Å²) in [7, 11) is 0. The van der Waals surface area contributed by atoms with E-state index in [0.717, 1.165) is 18.4 Å². The van der Waals surface area contributed by atoms with Crippen LogP contribution in [0.2, 0.25) is 0 Å². The normalized spacial score (nSPS) is 14.0. The smallest absolute Gasteiger partial charge is 0.123 e. The van der Waals surface area contributed by atoms with Crippen molar-refractivity contribution >= 4 is 18.0 Å². The Morgan fingerprint density at radius 1 is 1.45 bits per heavy atom. The summed E-state index contributed by atoms with van der Waals surface area (Å²) in [5.41, 5.74) is 1.71. The SMILES string of the molecule is C=C/C=C(/CNC[C@@H](c1ccc(C#N)cc1)[C@H](C)C=O)SC. The third-order valence-corrected chi connectivity index (χ3v) is 4.35. The molecule has 1 N–H and O–H groups in total. The highest BCUT2D eigenvalue weighted by Crippen LogP contribution is 2.23. The Kier molecular flexibility index (Phi) is 8.27. The lowest BCUT2D eigenvalue weighted by Gasteiger charge is -2.21. The number of nitrogens with zero attached hydrogens (tertiary/aromatic N) is 1. The highest BCUT2D eigenvalue weighted by Gasteiger charge is 2.18. The molecule has 0 spiro atoms. The first-order chi connectivity index (χ1) is 10.7. The van der Waals surface area contributed by atoms with Gasteiger partial charge in [0.1, 0.15) is 6.29 Å². The van der Waals surface area contributed by atoms with Crippen LogP contribution in [-0.2, 0) is 4.79 Å². The first-order valence-corrected chi connectivity index (χ1v) is 8.40. The molecule has 1 aromatic carbocycles. The molecule has 2 atom stereocenters.